The fourth-order valence-corrected chi connectivity index (χ4v) is 0.681. The zero-order valence-corrected chi connectivity index (χ0v) is 11.5. The summed E-state index contributed by atoms with van der Waals surface area (Å²) < 4.78 is 29.7. The second-order valence-corrected chi connectivity index (χ2v) is 3.72. The van der Waals surface area contributed by atoms with E-state index in [1.165, 1.54) is 18.2 Å². The Hall–Kier alpha value is -1.16. The lowest BCUT2D eigenvalue weighted by Crippen LogP contribution is -2.10. The first-order valence-corrected chi connectivity index (χ1v) is 5.27. The molecule has 0 aromatic heterocycles. The molecule has 11 heteroatoms. The van der Waals surface area contributed by atoms with Crippen molar-refractivity contribution < 1.29 is 37.8 Å². The van der Waals surface area contributed by atoms with Crippen molar-refractivity contribution in [3.63, 3.8) is 0 Å². The van der Waals surface area contributed by atoms with Crippen molar-refractivity contribution >= 4 is 26.0 Å². The molecular weight excluding hydrogens is 289 g/mol. The van der Waals surface area contributed by atoms with Crippen LogP contribution in [0.2, 0.25) is 0 Å². The van der Waals surface area contributed by atoms with E-state index in [1.54, 1.807) is 0 Å². The summed E-state index contributed by atoms with van der Waals surface area (Å²) in [5.74, 6) is -0.979. The molecule has 106 valence electrons. The maximum absolute atomic E-state index is 9.33. The third kappa shape index (κ3) is 7.22. The topological polar surface area (TPSA) is 148 Å². The summed E-state index contributed by atoms with van der Waals surface area (Å²) in [6.07, 6.45) is 0. The van der Waals surface area contributed by atoms with Gasteiger partial charge in [-0.1, -0.05) is 6.07 Å². The molecule has 1 atom stereocenters. The lowest BCUT2D eigenvalue weighted by Gasteiger charge is -2.09. The number of hydrogen-bond donors (Lipinski definition) is 5. The maximum Gasteiger partial charge on any atom is 0.397 e. The molecule has 0 aliphatic carbocycles. The molecule has 5 N–H and O–H groups in total. The predicted octanol–water partition coefficient (Wildman–Crippen LogP) is 0.176. The molecule has 0 aliphatic heterocycles. The van der Waals surface area contributed by atoms with Gasteiger partial charge in [0.15, 0.2) is 11.5 Å². The highest BCUT2D eigenvalue weighted by Gasteiger charge is 2.08. The molecular formula is C7H14NO8PS. The monoisotopic (exact) mass is 303 g/mol. The number of nitrogens with zero attached hydrogens (tertiary/aromatic N) is 1. The zero-order valence-electron chi connectivity index (χ0n) is 9.26. The molecule has 0 saturated heterocycles. The highest BCUT2D eigenvalue weighted by Crippen LogP contribution is 2.33. The van der Waals surface area contributed by atoms with E-state index in [-0.39, 0.29) is 20.8 Å². The minimum Gasteiger partial charge on any atom is -0.504 e. The number of anilines is 1. The number of para-hydroxylation sites is 1. The van der Waals surface area contributed by atoms with E-state index in [2.05, 4.69) is 4.18 Å². The SMILES string of the molecule is COS(=O)(=O)O.Oc1cccc(N(O)O)c1O.P. The first kappa shape index (κ1) is 19.2. The summed E-state index contributed by atoms with van der Waals surface area (Å²) >= 11 is 0. The Bertz CT molecular complexity index is 463. The highest BCUT2D eigenvalue weighted by atomic mass is 32.3. The molecule has 1 aromatic carbocycles. The molecule has 1 rings (SSSR count). The first-order valence-electron chi connectivity index (χ1n) is 3.91. The van der Waals surface area contributed by atoms with Gasteiger partial charge in [-0.3, -0.25) is 19.2 Å². The van der Waals surface area contributed by atoms with E-state index >= 15 is 0 Å². The minimum atomic E-state index is -4.16. The van der Waals surface area contributed by atoms with Crippen molar-refractivity contribution in [2.75, 3.05) is 12.3 Å². The van der Waals surface area contributed by atoms with E-state index < -0.39 is 21.9 Å². The highest BCUT2D eigenvalue weighted by molar-refractivity contribution is 7.80. The van der Waals surface area contributed by atoms with Crippen molar-refractivity contribution in [2.24, 2.45) is 0 Å². The molecule has 1 unspecified atom stereocenters. The number of benzene rings is 1. The first-order chi connectivity index (χ1) is 7.69. The number of aromatic hydroxyl groups is 2. The lowest BCUT2D eigenvalue weighted by atomic mass is 10.3. The number of rotatable bonds is 2. The predicted molar refractivity (Wildman–Crippen MR) is 65.5 cm³/mol. The smallest absolute Gasteiger partial charge is 0.397 e. The van der Waals surface area contributed by atoms with Gasteiger partial charge < -0.3 is 10.2 Å². The van der Waals surface area contributed by atoms with Gasteiger partial charge in [-0.15, -0.1) is 5.23 Å². The average molecular weight is 303 g/mol. The summed E-state index contributed by atoms with van der Waals surface area (Å²) in [6.45, 7) is 0. The maximum atomic E-state index is 9.33. The normalized spacial score (nSPS) is 9.78. The Balaban J connectivity index is 0. The Morgan fingerprint density at radius 2 is 1.67 bits per heavy atom. The molecule has 0 saturated carbocycles. The van der Waals surface area contributed by atoms with Crippen LogP contribution in [0.5, 0.6) is 11.5 Å². The number of phenolic OH excluding ortho intramolecular Hbond substituents is 2. The van der Waals surface area contributed by atoms with E-state index in [1.807, 2.05) is 0 Å². The second kappa shape index (κ2) is 8.03. The van der Waals surface area contributed by atoms with Crippen molar-refractivity contribution in [1.29, 1.82) is 0 Å². The van der Waals surface area contributed by atoms with Crippen molar-refractivity contribution in [1.82, 2.24) is 0 Å². The van der Waals surface area contributed by atoms with Crippen LogP contribution in [0.25, 0.3) is 0 Å². The van der Waals surface area contributed by atoms with Crippen LogP contribution < -0.4 is 5.23 Å². The molecule has 0 spiro atoms. The Morgan fingerprint density at radius 3 is 1.94 bits per heavy atom. The van der Waals surface area contributed by atoms with E-state index in [9.17, 15) is 8.42 Å². The Morgan fingerprint density at radius 1 is 1.22 bits per heavy atom. The van der Waals surface area contributed by atoms with Crippen LogP contribution in [0.4, 0.5) is 5.69 Å². The summed E-state index contributed by atoms with van der Waals surface area (Å²) in [6, 6.07) is 3.82. The Kier molecular flexibility index (Phi) is 8.56. The quantitative estimate of drug-likeness (QED) is 0.223. The standard InChI is InChI=1S/C6H7NO4.CH4O4S.H3P/c8-5-3-1-2-4(6(5)9)7(10)11;1-5-6(2,3)4;/h1-3,8-11H;1H3,(H,2,3,4);1H3. The van der Waals surface area contributed by atoms with Crippen LogP contribution in [0.1, 0.15) is 0 Å². The fraction of sp³-hybridized carbons (Fsp3) is 0.143. The number of hydrogen-bond acceptors (Lipinski definition) is 8. The van der Waals surface area contributed by atoms with E-state index in [0.717, 1.165) is 7.11 Å². The molecule has 0 heterocycles. The molecule has 0 amide bonds. The van der Waals surface area contributed by atoms with Crippen molar-refractivity contribution in [3.8, 4) is 11.5 Å². The van der Waals surface area contributed by atoms with Crippen molar-refractivity contribution in [3.05, 3.63) is 18.2 Å². The van der Waals surface area contributed by atoms with Crippen LogP contribution in [0.3, 0.4) is 0 Å². The molecule has 0 aliphatic rings. The summed E-state index contributed by atoms with van der Waals surface area (Å²) in [7, 11) is -3.29. The molecule has 1 aromatic rings. The third-order valence-electron chi connectivity index (χ3n) is 1.42. The van der Waals surface area contributed by atoms with Crippen LogP contribution in [0.15, 0.2) is 18.2 Å². The van der Waals surface area contributed by atoms with E-state index in [0.29, 0.717) is 0 Å². The third-order valence-corrected chi connectivity index (χ3v) is 1.84. The van der Waals surface area contributed by atoms with Gasteiger partial charge in [0.05, 0.1) is 7.11 Å². The molecule has 18 heavy (non-hydrogen) atoms. The molecule has 0 fully saturated rings. The van der Waals surface area contributed by atoms with Crippen LogP contribution in [-0.4, -0.2) is 40.7 Å². The average Bonchev–Trinajstić information content (AvgIpc) is 2.21. The van der Waals surface area contributed by atoms with Gasteiger partial charge in [-0.2, -0.15) is 18.3 Å². The van der Waals surface area contributed by atoms with Gasteiger partial charge in [0.2, 0.25) is 0 Å². The van der Waals surface area contributed by atoms with Crippen LogP contribution in [-0.2, 0) is 14.6 Å². The summed E-state index contributed by atoms with van der Waals surface area (Å²) in [4.78, 5) is 0. The molecule has 9 nitrogen and oxygen atoms in total. The second-order valence-electron chi connectivity index (χ2n) is 2.53. The summed E-state index contributed by atoms with van der Waals surface area (Å²) in [5, 5.41) is 34.4. The Labute approximate surface area is 106 Å². The largest absolute Gasteiger partial charge is 0.504 e. The number of phenols is 2. The van der Waals surface area contributed by atoms with Gasteiger partial charge in [0.1, 0.15) is 5.69 Å². The van der Waals surface area contributed by atoms with Gasteiger partial charge in [0.25, 0.3) is 0 Å². The van der Waals surface area contributed by atoms with Gasteiger partial charge in [0, 0.05) is 0 Å². The lowest BCUT2D eigenvalue weighted by molar-refractivity contribution is 0.0277. The minimum absolute atomic E-state index is 0. The van der Waals surface area contributed by atoms with Crippen LogP contribution in [0, 0.1) is 0 Å². The zero-order chi connectivity index (χ0) is 13.6. The van der Waals surface area contributed by atoms with Crippen molar-refractivity contribution in [2.45, 2.75) is 0 Å². The van der Waals surface area contributed by atoms with Gasteiger partial charge >= 0.3 is 10.4 Å². The van der Waals surface area contributed by atoms with E-state index in [4.69, 9.17) is 25.2 Å². The van der Waals surface area contributed by atoms with Gasteiger partial charge in [-0.05, 0) is 12.1 Å². The molecule has 0 radical (unpaired) electrons. The fourth-order valence-electron chi connectivity index (χ4n) is 0.681. The van der Waals surface area contributed by atoms with Crippen LogP contribution >= 0.6 is 9.90 Å². The summed E-state index contributed by atoms with van der Waals surface area (Å²) in [5.41, 5.74) is -0.273. The van der Waals surface area contributed by atoms with Gasteiger partial charge in [-0.25, -0.2) is 0 Å². The molecule has 0 bridgehead atoms.